The Morgan fingerprint density at radius 3 is 2.36 bits per heavy atom. The number of carbonyl (C=O) groups is 1. The number of amides is 1. The number of benzene rings is 2. The maximum Gasteiger partial charge on any atom is 0.223 e. The van der Waals surface area contributed by atoms with Crippen LogP contribution in [0.15, 0.2) is 42.5 Å². The monoisotopic (exact) mass is 471 g/mol. The second kappa shape index (κ2) is 10.9. The van der Waals surface area contributed by atoms with Crippen LogP contribution in [-0.2, 0) is 11.3 Å². The molecule has 2 heterocycles. The molecule has 4 rings (SSSR count). The van der Waals surface area contributed by atoms with Crippen LogP contribution in [0.3, 0.4) is 0 Å². The standard InChI is InChI=1S/C27H35ClFN3O/c1-19-9-15-32(16-10-19)25-7-4-21(5-8-25)20(2)30-27(33)22-11-13-31(14-12-22)18-23-3-6-24(28)17-26(23)29/h3-8,17,19-20,22H,9-16,18H2,1-2H3,(H,30,33). The first kappa shape index (κ1) is 24.0. The molecule has 0 saturated carbocycles. The second-order valence-corrected chi connectivity index (χ2v) is 10.2. The Morgan fingerprint density at radius 1 is 1.06 bits per heavy atom. The van der Waals surface area contributed by atoms with E-state index in [4.69, 9.17) is 11.6 Å². The molecule has 2 aliphatic rings. The van der Waals surface area contributed by atoms with Gasteiger partial charge in [-0.25, -0.2) is 4.39 Å². The molecule has 0 aromatic heterocycles. The Labute approximate surface area is 202 Å². The van der Waals surface area contributed by atoms with Gasteiger partial charge < -0.3 is 10.2 Å². The smallest absolute Gasteiger partial charge is 0.223 e. The van der Waals surface area contributed by atoms with Crippen molar-refractivity contribution in [2.24, 2.45) is 11.8 Å². The lowest BCUT2D eigenvalue weighted by Gasteiger charge is -2.32. The van der Waals surface area contributed by atoms with E-state index in [2.05, 4.69) is 46.3 Å². The number of likely N-dealkylation sites (tertiary alicyclic amines) is 1. The second-order valence-electron chi connectivity index (χ2n) is 9.78. The van der Waals surface area contributed by atoms with Crippen molar-refractivity contribution in [3.63, 3.8) is 0 Å². The van der Waals surface area contributed by atoms with Crippen LogP contribution < -0.4 is 10.2 Å². The van der Waals surface area contributed by atoms with E-state index in [1.54, 1.807) is 12.1 Å². The van der Waals surface area contributed by atoms with E-state index in [9.17, 15) is 9.18 Å². The molecule has 1 amide bonds. The van der Waals surface area contributed by atoms with Gasteiger partial charge in [-0.1, -0.05) is 36.7 Å². The van der Waals surface area contributed by atoms with E-state index in [0.717, 1.165) is 50.5 Å². The van der Waals surface area contributed by atoms with Gasteiger partial charge in [0.15, 0.2) is 0 Å². The first-order valence-electron chi connectivity index (χ1n) is 12.2. The summed E-state index contributed by atoms with van der Waals surface area (Å²) in [5.74, 6) is 0.681. The van der Waals surface area contributed by atoms with Crippen LogP contribution in [-0.4, -0.2) is 37.0 Å². The number of anilines is 1. The zero-order valence-corrected chi connectivity index (χ0v) is 20.5. The topological polar surface area (TPSA) is 35.6 Å². The van der Waals surface area contributed by atoms with Crippen molar-refractivity contribution in [1.82, 2.24) is 10.2 Å². The molecule has 6 heteroatoms. The van der Waals surface area contributed by atoms with Crippen molar-refractivity contribution < 1.29 is 9.18 Å². The molecule has 2 aliphatic heterocycles. The van der Waals surface area contributed by atoms with Crippen molar-refractivity contribution in [3.8, 4) is 0 Å². The number of nitrogens with one attached hydrogen (secondary N) is 1. The summed E-state index contributed by atoms with van der Waals surface area (Å²) in [6.45, 7) is 8.75. The molecule has 0 radical (unpaired) electrons. The Kier molecular flexibility index (Phi) is 7.92. The highest BCUT2D eigenvalue weighted by Crippen LogP contribution is 2.26. The van der Waals surface area contributed by atoms with Gasteiger partial charge in [-0.2, -0.15) is 0 Å². The predicted molar refractivity (Wildman–Crippen MR) is 133 cm³/mol. The number of hydrogen-bond acceptors (Lipinski definition) is 3. The van der Waals surface area contributed by atoms with Gasteiger partial charge in [0, 0.05) is 41.8 Å². The zero-order valence-electron chi connectivity index (χ0n) is 19.7. The van der Waals surface area contributed by atoms with E-state index in [1.165, 1.54) is 24.6 Å². The highest BCUT2D eigenvalue weighted by molar-refractivity contribution is 6.30. The average Bonchev–Trinajstić information content (AvgIpc) is 2.82. The molecule has 33 heavy (non-hydrogen) atoms. The van der Waals surface area contributed by atoms with Crippen molar-refractivity contribution in [3.05, 3.63) is 64.4 Å². The summed E-state index contributed by atoms with van der Waals surface area (Å²) < 4.78 is 14.1. The van der Waals surface area contributed by atoms with Crippen LogP contribution in [0.2, 0.25) is 5.02 Å². The highest BCUT2D eigenvalue weighted by Gasteiger charge is 2.26. The van der Waals surface area contributed by atoms with Crippen LogP contribution in [0.4, 0.5) is 10.1 Å². The summed E-state index contributed by atoms with van der Waals surface area (Å²) in [6.07, 6.45) is 4.09. The third kappa shape index (κ3) is 6.27. The molecule has 1 N–H and O–H groups in total. The number of carbonyl (C=O) groups excluding carboxylic acids is 1. The molecule has 0 aliphatic carbocycles. The van der Waals surface area contributed by atoms with E-state index < -0.39 is 0 Å². The van der Waals surface area contributed by atoms with Crippen LogP contribution in [0.1, 0.15) is 56.7 Å². The molecule has 1 atom stereocenters. The Bertz CT molecular complexity index is 935. The number of piperidine rings is 2. The lowest BCUT2D eigenvalue weighted by Crippen LogP contribution is -2.41. The van der Waals surface area contributed by atoms with Crippen molar-refractivity contribution >= 4 is 23.2 Å². The van der Waals surface area contributed by atoms with Gasteiger partial charge in [0.2, 0.25) is 5.91 Å². The zero-order chi connectivity index (χ0) is 23.4. The maximum atomic E-state index is 14.1. The van der Waals surface area contributed by atoms with Gasteiger partial charge >= 0.3 is 0 Å². The first-order valence-corrected chi connectivity index (χ1v) is 12.6. The summed E-state index contributed by atoms with van der Waals surface area (Å²) in [5.41, 5.74) is 3.06. The fraction of sp³-hybridized carbons (Fsp3) is 0.519. The molecule has 2 saturated heterocycles. The quantitative estimate of drug-likeness (QED) is 0.577. The largest absolute Gasteiger partial charge is 0.372 e. The molecule has 4 nitrogen and oxygen atoms in total. The molecular formula is C27H35ClFN3O. The van der Waals surface area contributed by atoms with Gasteiger partial charge in [0.25, 0.3) is 0 Å². The summed E-state index contributed by atoms with van der Waals surface area (Å²) >= 11 is 5.85. The van der Waals surface area contributed by atoms with Gasteiger partial charge in [-0.3, -0.25) is 9.69 Å². The molecule has 2 fully saturated rings. The van der Waals surface area contributed by atoms with E-state index in [0.29, 0.717) is 17.1 Å². The fourth-order valence-corrected chi connectivity index (χ4v) is 5.06. The van der Waals surface area contributed by atoms with Crippen molar-refractivity contribution in [2.45, 2.75) is 52.1 Å². The highest BCUT2D eigenvalue weighted by atomic mass is 35.5. The number of halogens is 2. The van der Waals surface area contributed by atoms with E-state index in [-0.39, 0.29) is 23.7 Å². The molecule has 0 bridgehead atoms. The Morgan fingerprint density at radius 2 is 1.73 bits per heavy atom. The van der Waals surface area contributed by atoms with Crippen LogP contribution in [0.25, 0.3) is 0 Å². The normalized spacial score (nSPS) is 19.5. The van der Waals surface area contributed by atoms with Gasteiger partial charge in [0.1, 0.15) is 5.82 Å². The van der Waals surface area contributed by atoms with E-state index >= 15 is 0 Å². The van der Waals surface area contributed by atoms with E-state index in [1.807, 2.05) is 6.92 Å². The minimum Gasteiger partial charge on any atom is -0.372 e. The summed E-state index contributed by atoms with van der Waals surface area (Å²) in [7, 11) is 0. The molecule has 1 unspecified atom stereocenters. The maximum absolute atomic E-state index is 14.1. The first-order chi connectivity index (χ1) is 15.9. The number of hydrogen-bond donors (Lipinski definition) is 1. The van der Waals surface area contributed by atoms with Crippen LogP contribution >= 0.6 is 11.6 Å². The minimum absolute atomic E-state index is 0.00776. The third-order valence-electron chi connectivity index (χ3n) is 7.27. The number of rotatable bonds is 6. The molecule has 178 valence electrons. The molecular weight excluding hydrogens is 437 g/mol. The third-order valence-corrected chi connectivity index (χ3v) is 7.50. The number of nitrogens with zero attached hydrogens (tertiary/aromatic N) is 2. The van der Waals surface area contributed by atoms with Crippen molar-refractivity contribution in [1.29, 1.82) is 0 Å². The Balaban J connectivity index is 1.24. The SMILES string of the molecule is CC1CCN(c2ccc(C(C)NC(=O)C3CCN(Cc4ccc(Cl)cc4F)CC3)cc2)CC1. The average molecular weight is 472 g/mol. The van der Waals surface area contributed by atoms with Gasteiger partial charge in [-0.05, 0) is 81.4 Å². The van der Waals surface area contributed by atoms with Crippen LogP contribution in [0, 0.1) is 17.7 Å². The Hall–Kier alpha value is -2.11. The lowest BCUT2D eigenvalue weighted by atomic mass is 9.94. The molecule has 0 spiro atoms. The lowest BCUT2D eigenvalue weighted by molar-refractivity contribution is -0.127. The summed E-state index contributed by atoms with van der Waals surface area (Å²) in [6, 6.07) is 13.5. The minimum atomic E-state index is -0.267. The fourth-order valence-electron chi connectivity index (χ4n) is 4.90. The van der Waals surface area contributed by atoms with Gasteiger partial charge in [0.05, 0.1) is 6.04 Å². The van der Waals surface area contributed by atoms with Crippen LogP contribution in [0.5, 0.6) is 0 Å². The molecule has 2 aromatic carbocycles. The molecule has 2 aromatic rings. The summed E-state index contributed by atoms with van der Waals surface area (Å²) in [5, 5.41) is 3.62. The van der Waals surface area contributed by atoms with Gasteiger partial charge in [-0.15, -0.1) is 0 Å². The summed E-state index contributed by atoms with van der Waals surface area (Å²) in [4.78, 5) is 17.5. The predicted octanol–water partition coefficient (Wildman–Crippen LogP) is 5.80. The van der Waals surface area contributed by atoms with Crippen molar-refractivity contribution in [2.75, 3.05) is 31.1 Å².